The van der Waals surface area contributed by atoms with Gasteiger partial charge in [-0.05, 0) is 38.0 Å². The van der Waals surface area contributed by atoms with E-state index in [0.717, 1.165) is 19.6 Å². The first-order valence-corrected chi connectivity index (χ1v) is 8.34. The third-order valence-electron chi connectivity index (χ3n) is 4.92. The molecule has 0 amide bonds. The summed E-state index contributed by atoms with van der Waals surface area (Å²) in [7, 11) is 0. The number of anilines is 1. The average Bonchev–Trinajstić information content (AvgIpc) is 2.51. The SMILES string of the molecule is Cc1cccc(C[NH+]2CCN(c3cccc(C)c3C)CC2)c1. The first-order chi connectivity index (χ1) is 10.6. The number of aryl methyl sites for hydroxylation is 2. The molecule has 1 N–H and O–H groups in total. The largest absolute Gasteiger partial charge is 0.360 e. The van der Waals surface area contributed by atoms with Gasteiger partial charge in [-0.15, -0.1) is 0 Å². The molecule has 0 unspecified atom stereocenters. The average molecular weight is 295 g/mol. The van der Waals surface area contributed by atoms with Crippen LogP contribution in [0.4, 0.5) is 5.69 Å². The number of rotatable bonds is 3. The number of hydrogen-bond donors (Lipinski definition) is 1. The zero-order valence-electron chi connectivity index (χ0n) is 14.0. The van der Waals surface area contributed by atoms with Crippen LogP contribution in [0.25, 0.3) is 0 Å². The number of nitrogens with one attached hydrogen (secondary N) is 1. The molecule has 2 aromatic rings. The molecule has 22 heavy (non-hydrogen) atoms. The Morgan fingerprint density at radius 1 is 0.955 bits per heavy atom. The van der Waals surface area contributed by atoms with Crippen LogP contribution in [0.5, 0.6) is 0 Å². The molecular formula is C20H27N2+. The molecule has 0 spiro atoms. The fraction of sp³-hybridized carbons (Fsp3) is 0.400. The molecule has 2 nitrogen and oxygen atoms in total. The van der Waals surface area contributed by atoms with Crippen molar-refractivity contribution in [3.05, 3.63) is 64.7 Å². The summed E-state index contributed by atoms with van der Waals surface area (Å²) in [5.41, 5.74) is 7.09. The van der Waals surface area contributed by atoms with Gasteiger partial charge in [-0.3, -0.25) is 0 Å². The molecule has 0 radical (unpaired) electrons. The summed E-state index contributed by atoms with van der Waals surface area (Å²) in [5, 5.41) is 0. The second kappa shape index (κ2) is 6.53. The Morgan fingerprint density at radius 3 is 2.41 bits per heavy atom. The van der Waals surface area contributed by atoms with E-state index in [1.165, 1.54) is 41.0 Å². The summed E-state index contributed by atoms with van der Waals surface area (Å²) >= 11 is 0. The third-order valence-corrected chi connectivity index (χ3v) is 4.92. The van der Waals surface area contributed by atoms with E-state index >= 15 is 0 Å². The van der Waals surface area contributed by atoms with Gasteiger partial charge in [0.05, 0.1) is 26.2 Å². The lowest BCUT2D eigenvalue weighted by atomic mass is 10.1. The lowest BCUT2D eigenvalue weighted by Gasteiger charge is -2.34. The van der Waals surface area contributed by atoms with Gasteiger partial charge in [-0.25, -0.2) is 0 Å². The smallest absolute Gasteiger partial charge is 0.103 e. The van der Waals surface area contributed by atoms with Crippen LogP contribution >= 0.6 is 0 Å². The van der Waals surface area contributed by atoms with E-state index in [9.17, 15) is 0 Å². The minimum atomic E-state index is 1.16. The summed E-state index contributed by atoms with van der Waals surface area (Å²) in [6, 6.07) is 15.6. The zero-order chi connectivity index (χ0) is 15.5. The fourth-order valence-electron chi connectivity index (χ4n) is 3.43. The van der Waals surface area contributed by atoms with Crippen LogP contribution in [0.3, 0.4) is 0 Å². The van der Waals surface area contributed by atoms with Gasteiger partial charge in [0, 0.05) is 11.3 Å². The molecule has 1 fully saturated rings. The number of quaternary nitrogens is 1. The van der Waals surface area contributed by atoms with Crippen LogP contribution in [0.15, 0.2) is 42.5 Å². The van der Waals surface area contributed by atoms with Crippen LogP contribution in [-0.4, -0.2) is 26.2 Å². The first kappa shape index (κ1) is 15.1. The Morgan fingerprint density at radius 2 is 1.68 bits per heavy atom. The van der Waals surface area contributed by atoms with Gasteiger partial charge in [0.1, 0.15) is 6.54 Å². The molecule has 1 aliphatic rings. The summed E-state index contributed by atoms with van der Waals surface area (Å²) in [6.07, 6.45) is 0. The molecule has 0 saturated carbocycles. The molecule has 1 heterocycles. The van der Waals surface area contributed by atoms with Gasteiger partial charge < -0.3 is 9.80 Å². The first-order valence-electron chi connectivity index (χ1n) is 8.34. The van der Waals surface area contributed by atoms with Crippen LogP contribution in [-0.2, 0) is 6.54 Å². The molecule has 3 rings (SSSR count). The van der Waals surface area contributed by atoms with E-state index in [4.69, 9.17) is 0 Å². The van der Waals surface area contributed by atoms with E-state index in [-0.39, 0.29) is 0 Å². The van der Waals surface area contributed by atoms with Gasteiger partial charge in [-0.2, -0.15) is 0 Å². The monoisotopic (exact) mass is 295 g/mol. The Bertz CT molecular complexity index is 640. The van der Waals surface area contributed by atoms with E-state index in [2.05, 4.69) is 68.1 Å². The molecule has 2 heteroatoms. The summed E-state index contributed by atoms with van der Waals surface area (Å²) in [5.74, 6) is 0. The van der Waals surface area contributed by atoms with Crippen molar-refractivity contribution in [2.75, 3.05) is 31.1 Å². The second-order valence-electron chi connectivity index (χ2n) is 6.62. The number of hydrogen-bond acceptors (Lipinski definition) is 1. The second-order valence-corrected chi connectivity index (χ2v) is 6.62. The molecule has 0 atom stereocenters. The van der Waals surface area contributed by atoms with Crippen molar-refractivity contribution in [2.24, 2.45) is 0 Å². The molecule has 0 aliphatic carbocycles. The summed E-state index contributed by atoms with van der Waals surface area (Å²) < 4.78 is 0. The predicted molar refractivity (Wildman–Crippen MR) is 93.7 cm³/mol. The third kappa shape index (κ3) is 3.33. The highest BCUT2D eigenvalue weighted by Crippen LogP contribution is 2.22. The van der Waals surface area contributed by atoms with Crippen molar-refractivity contribution in [2.45, 2.75) is 27.3 Å². The standard InChI is InChI=1S/C20H26N2/c1-16-6-4-8-19(14-16)15-21-10-12-22(13-11-21)20-9-5-7-17(2)18(20)3/h4-9,14H,10-13,15H2,1-3H3/p+1. The highest BCUT2D eigenvalue weighted by atomic mass is 15.3. The van der Waals surface area contributed by atoms with E-state index in [1.54, 1.807) is 4.90 Å². The van der Waals surface area contributed by atoms with E-state index in [1.807, 2.05) is 0 Å². The molecule has 116 valence electrons. The predicted octanol–water partition coefficient (Wildman–Crippen LogP) is 2.52. The maximum absolute atomic E-state index is 2.56. The van der Waals surface area contributed by atoms with Crippen LogP contribution in [0.1, 0.15) is 22.3 Å². The van der Waals surface area contributed by atoms with Gasteiger partial charge in [-0.1, -0.05) is 42.0 Å². The topological polar surface area (TPSA) is 7.68 Å². The van der Waals surface area contributed by atoms with Crippen molar-refractivity contribution in [3.8, 4) is 0 Å². The molecule has 1 aliphatic heterocycles. The van der Waals surface area contributed by atoms with Gasteiger partial charge in [0.25, 0.3) is 0 Å². The molecular weight excluding hydrogens is 268 g/mol. The van der Waals surface area contributed by atoms with Crippen LogP contribution < -0.4 is 9.80 Å². The molecule has 2 aromatic carbocycles. The highest BCUT2D eigenvalue weighted by Gasteiger charge is 2.21. The quantitative estimate of drug-likeness (QED) is 0.914. The van der Waals surface area contributed by atoms with Crippen molar-refractivity contribution in [3.63, 3.8) is 0 Å². The maximum Gasteiger partial charge on any atom is 0.103 e. The number of piperazine rings is 1. The highest BCUT2D eigenvalue weighted by molar-refractivity contribution is 5.56. The fourth-order valence-corrected chi connectivity index (χ4v) is 3.43. The Hall–Kier alpha value is -1.80. The van der Waals surface area contributed by atoms with E-state index in [0.29, 0.717) is 0 Å². The van der Waals surface area contributed by atoms with Crippen molar-refractivity contribution < 1.29 is 4.90 Å². The van der Waals surface area contributed by atoms with Gasteiger partial charge >= 0.3 is 0 Å². The minimum Gasteiger partial charge on any atom is -0.360 e. The summed E-state index contributed by atoms with van der Waals surface area (Å²) in [6.45, 7) is 12.5. The summed E-state index contributed by atoms with van der Waals surface area (Å²) in [4.78, 5) is 4.26. The van der Waals surface area contributed by atoms with Crippen molar-refractivity contribution in [1.29, 1.82) is 0 Å². The Kier molecular flexibility index (Phi) is 4.49. The molecule has 0 aromatic heterocycles. The minimum absolute atomic E-state index is 1.16. The normalized spacial score (nSPS) is 16.0. The Labute approximate surface area is 134 Å². The van der Waals surface area contributed by atoms with Crippen LogP contribution in [0.2, 0.25) is 0 Å². The zero-order valence-corrected chi connectivity index (χ0v) is 14.0. The number of benzene rings is 2. The lowest BCUT2D eigenvalue weighted by molar-refractivity contribution is -0.914. The van der Waals surface area contributed by atoms with Crippen LogP contribution in [0, 0.1) is 20.8 Å². The van der Waals surface area contributed by atoms with Gasteiger partial charge in [0.15, 0.2) is 0 Å². The lowest BCUT2D eigenvalue weighted by Crippen LogP contribution is -3.13. The van der Waals surface area contributed by atoms with Crippen molar-refractivity contribution in [1.82, 2.24) is 0 Å². The van der Waals surface area contributed by atoms with E-state index < -0.39 is 0 Å². The van der Waals surface area contributed by atoms with Crippen molar-refractivity contribution >= 4 is 5.69 Å². The molecule has 0 bridgehead atoms. The van der Waals surface area contributed by atoms with Gasteiger partial charge in [0.2, 0.25) is 0 Å². The number of nitrogens with zero attached hydrogens (tertiary/aromatic N) is 1. The molecule has 1 saturated heterocycles. The maximum atomic E-state index is 2.56. The Balaban J connectivity index is 1.62.